The molecule has 0 amide bonds. The highest BCUT2D eigenvalue weighted by Crippen LogP contribution is 2.33. The number of anilines is 2. The first-order valence-electron chi connectivity index (χ1n) is 8.84. The lowest BCUT2D eigenvalue weighted by molar-refractivity contribution is 0.589. The molecule has 1 aliphatic heterocycles. The maximum atomic E-state index is 11.2. The summed E-state index contributed by atoms with van der Waals surface area (Å²) in [6, 6.07) is 12.5. The molecular formula is C20H26N4O. The summed E-state index contributed by atoms with van der Waals surface area (Å²) in [7, 11) is 0. The second-order valence-electron chi connectivity index (χ2n) is 6.82. The number of hydrogen-bond acceptors (Lipinski definition) is 5. The van der Waals surface area contributed by atoms with E-state index in [4.69, 9.17) is 0 Å². The maximum absolute atomic E-state index is 11.2. The van der Waals surface area contributed by atoms with E-state index in [0.717, 1.165) is 37.6 Å². The van der Waals surface area contributed by atoms with Crippen molar-refractivity contribution in [3.63, 3.8) is 0 Å². The molecule has 1 saturated heterocycles. The van der Waals surface area contributed by atoms with Gasteiger partial charge in [0.25, 0.3) is 0 Å². The molecule has 5 nitrogen and oxygen atoms in total. The molecule has 2 aromatic carbocycles. The molecular weight excluding hydrogens is 312 g/mol. The molecule has 0 aliphatic carbocycles. The van der Waals surface area contributed by atoms with Crippen LogP contribution in [0.2, 0.25) is 0 Å². The summed E-state index contributed by atoms with van der Waals surface area (Å²) < 4.78 is 0. The van der Waals surface area contributed by atoms with E-state index >= 15 is 0 Å². The number of aryl methyl sites for hydroxylation is 2. The number of rotatable bonds is 5. The normalized spacial score (nSPS) is 15.7. The minimum absolute atomic E-state index is 0.0948. The van der Waals surface area contributed by atoms with E-state index in [2.05, 4.69) is 59.7 Å². The maximum Gasteiger partial charge on any atom is 0.131 e. The van der Waals surface area contributed by atoms with Crippen LogP contribution >= 0.6 is 0 Å². The van der Waals surface area contributed by atoms with Gasteiger partial charge in [0.2, 0.25) is 0 Å². The summed E-state index contributed by atoms with van der Waals surface area (Å²) in [5.41, 5.74) is 6.07. The van der Waals surface area contributed by atoms with Gasteiger partial charge in [0.1, 0.15) is 5.69 Å². The van der Waals surface area contributed by atoms with Crippen LogP contribution in [0.1, 0.15) is 29.7 Å². The van der Waals surface area contributed by atoms with E-state index in [-0.39, 0.29) is 6.04 Å². The Morgan fingerprint density at radius 1 is 1.08 bits per heavy atom. The summed E-state index contributed by atoms with van der Waals surface area (Å²) in [6.07, 6.45) is 0. The fraction of sp³-hybridized carbons (Fsp3) is 0.400. The average Bonchev–Trinajstić information content (AvgIpc) is 2.61. The SMILES string of the molecule is Cc1cc(C)cc(C(C)Nc2cc(N3CCNCC3)ccc2N=O)c1. The van der Waals surface area contributed by atoms with E-state index in [1.54, 1.807) is 6.07 Å². The van der Waals surface area contributed by atoms with Crippen LogP contribution in [-0.4, -0.2) is 26.2 Å². The van der Waals surface area contributed by atoms with Crippen molar-refractivity contribution in [2.75, 3.05) is 36.4 Å². The van der Waals surface area contributed by atoms with Gasteiger partial charge < -0.3 is 15.5 Å². The minimum Gasteiger partial charge on any atom is -0.377 e. The topological polar surface area (TPSA) is 56.7 Å². The Kier molecular flexibility index (Phi) is 5.34. The van der Waals surface area contributed by atoms with Crippen molar-refractivity contribution in [3.05, 3.63) is 58.0 Å². The molecule has 1 unspecified atom stereocenters. The van der Waals surface area contributed by atoms with Crippen LogP contribution in [0.15, 0.2) is 41.6 Å². The van der Waals surface area contributed by atoms with Gasteiger partial charge in [-0.3, -0.25) is 0 Å². The molecule has 1 atom stereocenters. The Hall–Kier alpha value is -2.40. The highest BCUT2D eigenvalue weighted by molar-refractivity contribution is 5.72. The van der Waals surface area contributed by atoms with Gasteiger partial charge in [-0.05, 0) is 49.7 Å². The van der Waals surface area contributed by atoms with Crippen molar-refractivity contribution in [1.82, 2.24) is 5.32 Å². The van der Waals surface area contributed by atoms with E-state index < -0.39 is 0 Å². The van der Waals surface area contributed by atoms with E-state index in [1.165, 1.54) is 16.7 Å². The summed E-state index contributed by atoms with van der Waals surface area (Å²) in [5, 5.41) is 10.0. The number of nitrogens with zero attached hydrogens (tertiary/aromatic N) is 2. The first-order valence-corrected chi connectivity index (χ1v) is 8.84. The fourth-order valence-electron chi connectivity index (χ4n) is 3.42. The molecule has 0 radical (unpaired) electrons. The zero-order chi connectivity index (χ0) is 17.8. The van der Waals surface area contributed by atoms with Crippen molar-refractivity contribution in [2.24, 2.45) is 5.18 Å². The average molecular weight is 338 g/mol. The van der Waals surface area contributed by atoms with Crippen molar-refractivity contribution >= 4 is 17.1 Å². The highest BCUT2D eigenvalue weighted by Gasteiger charge is 2.15. The number of piperazine rings is 1. The Morgan fingerprint density at radius 2 is 1.76 bits per heavy atom. The van der Waals surface area contributed by atoms with Crippen LogP contribution in [0.4, 0.5) is 17.1 Å². The zero-order valence-electron chi connectivity index (χ0n) is 15.2. The summed E-state index contributed by atoms with van der Waals surface area (Å²) in [6.45, 7) is 10.2. The Labute approximate surface area is 149 Å². The molecule has 1 fully saturated rings. The number of benzene rings is 2. The van der Waals surface area contributed by atoms with Gasteiger partial charge >= 0.3 is 0 Å². The smallest absolute Gasteiger partial charge is 0.131 e. The lowest BCUT2D eigenvalue weighted by atomic mass is 10.0. The first kappa shape index (κ1) is 17.4. The lowest BCUT2D eigenvalue weighted by Crippen LogP contribution is -2.43. The molecule has 0 bridgehead atoms. The predicted octanol–water partition coefficient (Wildman–Crippen LogP) is 4.28. The van der Waals surface area contributed by atoms with Crippen LogP contribution in [0, 0.1) is 18.8 Å². The number of nitrogens with one attached hydrogen (secondary N) is 2. The molecule has 0 aromatic heterocycles. The molecule has 1 heterocycles. The van der Waals surface area contributed by atoms with Gasteiger partial charge in [-0.25, -0.2) is 0 Å². The summed E-state index contributed by atoms with van der Waals surface area (Å²) in [4.78, 5) is 13.6. The number of nitroso groups, excluding NO2 is 1. The predicted molar refractivity (Wildman–Crippen MR) is 105 cm³/mol. The third-order valence-electron chi connectivity index (χ3n) is 4.68. The Bertz CT molecular complexity index is 733. The van der Waals surface area contributed by atoms with Gasteiger partial charge in [0, 0.05) is 37.9 Å². The van der Waals surface area contributed by atoms with E-state index in [1.807, 2.05) is 12.1 Å². The largest absolute Gasteiger partial charge is 0.377 e. The molecule has 1 aliphatic rings. The van der Waals surface area contributed by atoms with Crippen molar-refractivity contribution < 1.29 is 0 Å². The minimum atomic E-state index is 0.0948. The van der Waals surface area contributed by atoms with Gasteiger partial charge in [-0.2, -0.15) is 0 Å². The third-order valence-corrected chi connectivity index (χ3v) is 4.68. The quantitative estimate of drug-likeness (QED) is 0.799. The Balaban J connectivity index is 1.85. The van der Waals surface area contributed by atoms with Crippen molar-refractivity contribution in [1.29, 1.82) is 0 Å². The molecule has 25 heavy (non-hydrogen) atoms. The second-order valence-corrected chi connectivity index (χ2v) is 6.82. The fourth-order valence-corrected chi connectivity index (χ4v) is 3.42. The van der Waals surface area contributed by atoms with Crippen molar-refractivity contribution in [3.8, 4) is 0 Å². The first-order chi connectivity index (χ1) is 12.1. The molecule has 0 spiro atoms. The van der Waals surface area contributed by atoms with Crippen LogP contribution in [0.25, 0.3) is 0 Å². The molecule has 5 heteroatoms. The van der Waals surface area contributed by atoms with E-state index in [0.29, 0.717) is 5.69 Å². The number of hydrogen-bond donors (Lipinski definition) is 2. The van der Waals surface area contributed by atoms with Gasteiger partial charge in [-0.15, -0.1) is 4.91 Å². The molecule has 132 valence electrons. The standard InChI is InChI=1S/C20H26N4O/c1-14-10-15(2)12-17(11-14)16(3)22-20-13-18(4-5-19(20)23-25)24-8-6-21-7-9-24/h4-5,10-13,16,21-22H,6-9H2,1-3H3. The highest BCUT2D eigenvalue weighted by atomic mass is 16.3. The summed E-state index contributed by atoms with van der Waals surface area (Å²) in [5.74, 6) is 0. The van der Waals surface area contributed by atoms with Crippen LogP contribution in [0.5, 0.6) is 0 Å². The monoisotopic (exact) mass is 338 g/mol. The molecule has 2 aromatic rings. The van der Waals surface area contributed by atoms with Crippen LogP contribution in [0.3, 0.4) is 0 Å². The second kappa shape index (κ2) is 7.66. The van der Waals surface area contributed by atoms with Crippen molar-refractivity contribution in [2.45, 2.75) is 26.8 Å². The summed E-state index contributed by atoms with van der Waals surface area (Å²) >= 11 is 0. The molecule has 3 rings (SSSR count). The van der Waals surface area contributed by atoms with Gasteiger partial charge in [0.15, 0.2) is 0 Å². The van der Waals surface area contributed by atoms with Crippen LogP contribution < -0.4 is 15.5 Å². The third kappa shape index (κ3) is 4.17. The Morgan fingerprint density at radius 3 is 2.40 bits per heavy atom. The van der Waals surface area contributed by atoms with Gasteiger partial charge in [0.05, 0.1) is 5.69 Å². The van der Waals surface area contributed by atoms with Crippen LogP contribution in [-0.2, 0) is 0 Å². The van der Waals surface area contributed by atoms with E-state index in [9.17, 15) is 4.91 Å². The lowest BCUT2D eigenvalue weighted by Gasteiger charge is -2.30. The molecule has 2 N–H and O–H groups in total. The van der Waals surface area contributed by atoms with Gasteiger partial charge in [-0.1, -0.05) is 29.3 Å². The zero-order valence-corrected chi connectivity index (χ0v) is 15.2. The molecule has 0 saturated carbocycles.